The van der Waals surface area contributed by atoms with Crippen LogP contribution in [0.15, 0.2) is 24.3 Å². The summed E-state index contributed by atoms with van der Waals surface area (Å²) in [5.41, 5.74) is 2.32. The molecule has 0 aromatic heterocycles. The maximum Gasteiger partial charge on any atom is 0.0607 e. The summed E-state index contributed by atoms with van der Waals surface area (Å²) in [6.07, 6.45) is 0. The second-order valence-electron chi connectivity index (χ2n) is 4.38. The second-order valence-corrected chi connectivity index (χ2v) is 4.38. The van der Waals surface area contributed by atoms with Gasteiger partial charge in [-0.15, -0.1) is 12.4 Å². The van der Waals surface area contributed by atoms with Crippen molar-refractivity contribution in [2.45, 2.75) is 32.9 Å². The van der Waals surface area contributed by atoms with Gasteiger partial charge in [0.2, 0.25) is 0 Å². The van der Waals surface area contributed by atoms with E-state index >= 15 is 0 Å². The molecule has 0 fully saturated rings. The number of aliphatic hydroxyl groups excluding tert-OH is 1. The summed E-state index contributed by atoms with van der Waals surface area (Å²) in [4.78, 5) is 0. The zero-order valence-corrected chi connectivity index (χ0v) is 10.4. The monoisotopic (exact) mass is 229 g/mol. The van der Waals surface area contributed by atoms with Crippen molar-refractivity contribution in [3.8, 4) is 0 Å². The number of benzene rings is 1. The Morgan fingerprint density at radius 2 is 1.73 bits per heavy atom. The lowest BCUT2D eigenvalue weighted by atomic mass is 10.1. The third kappa shape index (κ3) is 5.17. The normalized spacial score (nSPS) is 10.9. The van der Waals surface area contributed by atoms with Crippen LogP contribution in [-0.2, 0) is 6.54 Å². The van der Waals surface area contributed by atoms with Crippen molar-refractivity contribution in [2.75, 3.05) is 6.61 Å². The smallest absolute Gasteiger partial charge is 0.0607 e. The largest absolute Gasteiger partial charge is 0.394 e. The average Bonchev–Trinajstić information content (AvgIpc) is 2.17. The molecule has 0 aliphatic carbocycles. The van der Waals surface area contributed by atoms with Gasteiger partial charge in [-0.2, -0.15) is 0 Å². The molecule has 0 aliphatic heterocycles. The molecule has 2 nitrogen and oxygen atoms in total. The fourth-order valence-corrected chi connectivity index (χ4v) is 1.10. The van der Waals surface area contributed by atoms with E-state index in [1.54, 1.807) is 0 Å². The van der Waals surface area contributed by atoms with Crippen molar-refractivity contribution in [2.24, 2.45) is 0 Å². The Labute approximate surface area is 98.1 Å². The quantitative estimate of drug-likeness (QED) is 0.831. The molecular formula is C12H20ClNO. The molecule has 0 spiro atoms. The zero-order valence-electron chi connectivity index (χ0n) is 9.58. The van der Waals surface area contributed by atoms with Crippen LogP contribution in [0.5, 0.6) is 0 Å². The number of nitrogens with one attached hydrogen (secondary N) is 1. The predicted octanol–water partition coefficient (Wildman–Crippen LogP) is 2.28. The van der Waals surface area contributed by atoms with Crippen LogP contribution in [0.2, 0.25) is 0 Å². The molecule has 15 heavy (non-hydrogen) atoms. The Bertz CT molecular complexity index is 282. The molecule has 0 heterocycles. The number of halogens is 1. The molecule has 3 heteroatoms. The highest BCUT2D eigenvalue weighted by molar-refractivity contribution is 5.85. The van der Waals surface area contributed by atoms with Crippen molar-refractivity contribution < 1.29 is 5.11 Å². The summed E-state index contributed by atoms with van der Waals surface area (Å²) in [7, 11) is 0. The van der Waals surface area contributed by atoms with Gasteiger partial charge in [0.15, 0.2) is 0 Å². The van der Waals surface area contributed by atoms with Gasteiger partial charge in [0, 0.05) is 12.1 Å². The maximum absolute atomic E-state index is 9.05. The van der Waals surface area contributed by atoms with Gasteiger partial charge in [0.05, 0.1) is 6.61 Å². The minimum Gasteiger partial charge on any atom is -0.394 e. The van der Waals surface area contributed by atoms with Crippen LogP contribution in [0.1, 0.15) is 25.0 Å². The van der Waals surface area contributed by atoms with Crippen LogP contribution >= 0.6 is 12.4 Å². The highest BCUT2D eigenvalue weighted by atomic mass is 35.5. The van der Waals surface area contributed by atoms with Crippen LogP contribution in [-0.4, -0.2) is 17.3 Å². The number of hydrogen-bond donors (Lipinski definition) is 2. The second kappa shape index (κ2) is 6.11. The highest BCUT2D eigenvalue weighted by Crippen LogP contribution is 2.06. The first kappa shape index (κ1) is 14.4. The zero-order chi connectivity index (χ0) is 10.6. The summed E-state index contributed by atoms with van der Waals surface area (Å²) in [5.74, 6) is 0. The average molecular weight is 230 g/mol. The van der Waals surface area contributed by atoms with Crippen LogP contribution in [0, 0.1) is 6.92 Å². The first-order valence-electron chi connectivity index (χ1n) is 4.95. The van der Waals surface area contributed by atoms with E-state index in [4.69, 9.17) is 5.11 Å². The van der Waals surface area contributed by atoms with Gasteiger partial charge < -0.3 is 10.4 Å². The molecule has 1 aromatic carbocycles. The van der Waals surface area contributed by atoms with Gasteiger partial charge in [0.1, 0.15) is 0 Å². The minimum atomic E-state index is -0.203. The molecule has 2 N–H and O–H groups in total. The number of rotatable bonds is 4. The van der Waals surface area contributed by atoms with E-state index in [1.807, 2.05) is 13.8 Å². The summed E-state index contributed by atoms with van der Waals surface area (Å²) in [5, 5.41) is 12.3. The molecule has 0 amide bonds. The lowest BCUT2D eigenvalue weighted by Gasteiger charge is -2.23. The van der Waals surface area contributed by atoms with Gasteiger partial charge >= 0.3 is 0 Å². The van der Waals surface area contributed by atoms with E-state index < -0.39 is 0 Å². The van der Waals surface area contributed by atoms with Crippen molar-refractivity contribution >= 4 is 12.4 Å². The molecule has 0 unspecified atom stereocenters. The molecule has 0 saturated carbocycles. The molecule has 1 aromatic rings. The summed E-state index contributed by atoms with van der Waals surface area (Å²) >= 11 is 0. The van der Waals surface area contributed by atoms with E-state index in [0.29, 0.717) is 0 Å². The summed E-state index contributed by atoms with van der Waals surface area (Å²) < 4.78 is 0. The third-order valence-corrected chi connectivity index (χ3v) is 2.29. The number of hydrogen-bond acceptors (Lipinski definition) is 2. The van der Waals surface area contributed by atoms with Crippen molar-refractivity contribution in [1.82, 2.24) is 5.32 Å². The number of aliphatic hydroxyl groups is 1. The lowest BCUT2D eigenvalue weighted by Crippen LogP contribution is -2.42. The van der Waals surface area contributed by atoms with E-state index in [2.05, 4.69) is 36.5 Å². The number of aryl methyl sites for hydroxylation is 1. The van der Waals surface area contributed by atoms with Crippen LogP contribution < -0.4 is 5.32 Å². The van der Waals surface area contributed by atoms with E-state index in [-0.39, 0.29) is 24.6 Å². The molecule has 0 saturated heterocycles. The molecule has 1 rings (SSSR count). The Kier molecular flexibility index (Phi) is 5.88. The topological polar surface area (TPSA) is 32.3 Å². The fraction of sp³-hybridized carbons (Fsp3) is 0.500. The van der Waals surface area contributed by atoms with Crippen molar-refractivity contribution in [3.63, 3.8) is 0 Å². The van der Waals surface area contributed by atoms with E-state index in [1.165, 1.54) is 11.1 Å². The van der Waals surface area contributed by atoms with Gasteiger partial charge in [0.25, 0.3) is 0 Å². The molecule has 0 radical (unpaired) electrons. The lowest BCUT2D eigenvalue weighted by molar-refractivity contribution is 0.187. The van der Waals surface area contributed by atoms with Gasteiger partial charge in [-0.1, -0.05) is 29.8 Å². The van der Waals surface area contributed by atoms with Crippen molar-refractivity contribution in [1.29, 1.82) is 0 Å². The first-order chi connectivity index (χ1) is 6.53. The van der Waals surface area contributed by atoms with Crippen LogP contribution in [0.4, 0.5) is 0 Å². The highest BCUT2D eigenvalue weighted by Gasteiger charge is 2.14. The SMILES string of the molecule is Cc1ccc(CNC(C)(C)CO)cc1.Cl. The Morgan fingerprint density at radius 3 is 2.20 bits per heavy atom. The molecule has 0 bridgehead atoms. The standard InChI is InChI=1S/C12H19NO.ClH/c1-10-4-6-11(7-5-10)8-13-12(2,3)9-14;/h4-7,13-14H,8-9H2,1-3H3;1H. The van der Waals surface area contributed by atoms with Crippen molar-refractivity contribution in [3.05, 3.63) is 35.4 Å². The Balaban J connectivity index is 0.00000196. The summed E-state index contributed by atoms with van der Waals surface area (Å²) in [6, 6.07) is 8.41. The molecule has 86 valence electrons. The molecule has 0 atom stereocenters. The molecular weight excluding hydrogens is 210 g/mol. The van der Waals surface area contributed by atoms with Gasteiger partial charge in [-0.25, -0.2) is 0 Å². The Hall–Kier alpha value is -0.570. The predicted molar refractivity (Wildman–Crippen MR) is 66.4 cm³/mol. The maximum atomic E-state index is 9.05. The fourth-order valence-electron chi connectivity index (χ4n) is 1.10. The van der Waals surface area contributed by atoms with Gasteiger partial charge in [-0.05, 0) is 26.3 Å². The first-order valence-corrected chi connectivity index (χ1v) is 4.95. The van der Waals surface area contributed by atoms with Crippen LogP contribution in [0.25, 0.3) is 0 Å². The minimum absolute atomic E-state index is 0. The third-order valence-electron chi connectivity index (χ3n) is 2.29. The van der Waals surface area contributed by atoms with Crippen LogP contribution in [0.3, 0.4) is 0 Å². The van der Waals surface area contributed by atoms with E-state index in [0.717, 1.165) is 6.54 Å². The summed E-state index contributed by atoms with van der Waals surface area (Å²) in [6.45, 7) is 7.00. The Morgan fingerprint density at radius 1 is 1.20 bits per heavy atom. The molecule has 0 aliphatic rings. The van der Waals surface area contributed by atoms with Gasteiger partial charge in [-0.3, -0.25) is 0 Å². The van der Waals surface area contributed by atoms with E-state index in [9.17, 15) is 0 Å².